The van der Waals surface area contributed by atoms with Gasteiger partial charge >= 0.3 is 17.9 Å². The van der Waals surface area contributed by atoms with Gasteiger partial charge in [-0.3, -0.25) is 14.4 Å². The molecule has 0 saturated carbocycles. The molecule has 0 aliphatic heterocycles. The number of hydrogen-bond acceptors (Lipinski definition) is 9. The van der Waals surface area contributed by atoms with E-state index < -0.39 is 5.97 Å². The lowest BCUT2D eigenvalue weighted by Crippen LogP contribution is -2.12. The maximum absolute atomic E-state index is 12.0. The third-order valence-electron chi connectivity index (χ3n) is 12.7. The number of aliphatic hydroxyl groups is 1. The average Bonchev–Trinajstić information content (AvgIpc) is 3.43. The van der Waals surface area contributed by atoms with Crippen molar-refractivity contribution in [1.29, 1.82) is 0 Å². The summed E-state index contributed by atoms with van der Waals surface area (Å²) in [5.41, 5.74) is 6.27. The van der Waals surface area contributed by atoms with Crippen LogP contribution in [0.3, 0.4) is 0 Å². The van der Waals surface area contributed by atoms with Crippen LogP contribution in [0.4, 0.5) is 0 Å². The van der Waals surface area contributed by atoms with Crippen LogP contribution in [0.15, 0.2) is 164 Å². The fraction of sp³-hybridized carbons (Fsp3) is 0.418. The number of aromatic hydroxyl groups is 1. The fourth-order valence-corrected chi connectivity index (χ4v) is 7.43. The van der Waals surface area contributed by atoms with Crippen molar-refractivity contribution in [2.45, 2.75) is 134 Å². The molecule has 80 heavy (non-hydrogen) atoms. The van der Waals surface area contributed by atoms with Crippen molar-refractivity contribution in [1.82, 2.24) is 0 Å². The third-order valence-corrected chi connectivity index (χ3v) is 12.7. The first kappa shape index (κ1) is 79.8. The number of carbonyl (C=O) groups excluding carboxylic acids is 2. The average molecular weight is 1090 g/mol. The van der Waals surface area contributed by atoms with Gasteiger partial charge in [0.05, 0.1) is 45.7 Å². The van der Waals surface area contributed by atoms with E-state index in [2.05, 4.69) is 46.8 Å². The normalized spacial score (nSPS) is 12.0. The van der Waals surface area contributed by atoms with Gasteiger partial charge in [-0.15, -0.1) is 0 Å². The van der Waals surface area contributed by atoms with E-state index in [1.54, 1.807) is 19.1 Å². The van der Waals surface area contributed by atoms with Crippen molar-refractivity contribution in [2.75, 3.05) is 33.0 Å². The summed E-state index contributed by atoms with van der Waals surface area (Å²) in [6.07, 6.45) is 3.99. The highest BCUT2D eigenvalue weighted by Gasteiger charge is 2.21. The molecule has 431 valence electrons. The summed E-state index contributed by atoms with van der Waals surface area (Å²) >= 11 is 0. The molecule has 0 heterocycles. The number of benzene rings is 6. The molecule has 0 spiro atoms. The van der Waals surface area contributed by atoms with Gasteiger partial charge in [0.2, 0.25) is 0 Å². The zero-order chi connectivity index (χ0) is 54.1. The van der Waals surface area contributed by atoms with Gasteiger partial charge in [-0.2, -0.15) is 0 Å². The number of hydrogen-bond donors (Lipinski definition) is 3. The summed E-state index contributed by atoms with van der Waals surface area (Å²) < 4.78 is 21.8. The predicted molar refractivity (Wildman–Crippen MR) is 334 cm³/mol. The second-order valence-electron chi connectivity index (χ2n) is 18.6. The lowest BCUT2D eigenvalue weighted by molar-refractivity contribution is -0.144. The number of carboxylic acids is 1. The van der Waals surface area contributed by atoms with E-state index in [0.717, 1.165) is 70.7 Å². The van der Waals surface area contributed by atoms with Gasteiger partial charge in [0.15, 0.2) is 0 Å². The van der Waals surface area contributed by atoms with Gasteiger partial charge < -0.3 is 34.3 Å². The Morgan fingerprint density at radius 2 is 0.688 bits per heavy atom. The molecular formula is C67H94B3O10. The summed E-state index contributed by atoms with van der Waals surface area (Å²) in [5.74, 6) is 2.08. The number of esters is 2. The van der Waals surface area contributed by atoms with Gasteiger partial charge in [-0.05, 0) is 101 Å². The van der Waals surface area contributed by atoms with E-state index in [-0.39, 0.29) is 89.4 Å². The molecule has 0 saturated heterocycles. The van der Waals surface area contributed by atoms with Crippen molar-refractivity contribution in [3.63, 3.8) is 0 Å². The molecule has 0 fully saturated rings. The zero-order valence-corrected chi connectivity index (χ0v) is 46.8. The number of aliphatic carboxylic acids is 1. The highest BCUT2D eigenvalue weighted by atomic mass is 16.5. The summed E-state index contributed by atoms with van der Waals surface area (Å²) in [6.45, 7) is 18.9. The third kappa shape index (κ3) is 30.6. The molecule has 3 N–H and O–H groups in total. The molecule has 13 heteroatoms. The lowest BCUT2D eigenvalue weighted by atomic mass is 9.88. The highest BCUT2D eigenvalue weighted by molar-refractivity contribution is 5.76. The van der Waals surface area contributed by atoms with Crippen LogP contribution < -0.4 is 9.47 Å². The molecule has 0 bridgehead atoms. The van der Waals surface area contributed by atoms with Crippen LogP contribution in [0.5, 0.6) is 17.2 Å². The number of carbonyl (C=O) groups is 3. The number of ether oxygens (including phenoxy) is 4. The summed E-state index contributed by atoms with van der Waals surface area (Å²) in [5, 5.41) is 26.9. The van der Waals surface area contributed by atoms with Gasteiger partial charge in [0, 0.05) is 49.6 Å². The Kier molecular flexibility index (Phi) is 45.9. The van der Waals surface area contributed by atoms with Gasteiger partial charge in [0.1, 0.15) is 17.2 Å². The van der Waals surface area contributed by atoms with E-state index in [1.165, 1.54) is 0 Å². The molecule has 0 amide bonds. The Hall–Kier alpha value is -6.72. The smallest absolute Gasteiger partial charge is 0.306 e. The Balaban J connectivity index is -0.000000498. The predicted octanol–water partition coefficient (Wildman–Crippen LogP) is 15.2. The Morgan fingerprint density at radius 3 is 0.938 bits per heavy atom. The molecule has 9 radical (unpaired) electrons. The van der Waals surface area contributed by atoms with Crippen LogP contribution in [-0.2, 0) is 23.9 Å². The summed E-state index contributed by atoms with van der Waals surface area (Å²) in [4.78, 5) is 35.0. The van der Waals surface area contributed by atoms with Crippen LogP contribution in [-0.4, -0.2) is 91.5 Å². The summed E-state index contributed by atoms with van der Waals surface area (Å²) in [7, 11) is 0. The van der Waals surface area contributed by atoms with E-state index >= 15 is 0 Å². The maximum Gasteiger partial charge on any atom is 0.306 e. The van der Waals surface area contributed by atoms with Crippen LogP contribution >= 0.6 is 0 Å². The fourth-order valence-electron chi connectivity index (χ4n) is 7.43. The Bertz CT molecular complexity index is 2420. The first-order chi connectivity index (χ1) is 35.7. The number of phenolic OH excluding ortho intramolecular Hbond substituents is 1. The molecule has 6 aromatic rings. The molecule has 3 unspecified atom stereocenters. The lowest BCUT2D eigenvalue weighted by Gasteiger charge is -2.18. The van der Waals surface area contributed by atoms with Crippen LogP contribution in [0, 0.1) is 17.8 Å². The minimum atomic E-state index is -0.795. The van der Waals surface area contributed by atoms with E-state index in [9.17, 15) is 24.6 Å². The summed E-state index contributed by atoms with van der Waals surface area (Å²) in [6, 6.07) is 52.5. The largest absolute Gasteiger partial charge is 0.508 e. The topological polar surface area (TPSA) is 149 Å². The van der Waals surface area contributed by atoms with Crippen molar-refractivity contribution in [3.8, 4) is 17.2 Å². The van der Waals surface area contributed by atoms with Crippen LogP contribution in [0.25, 0.3) is 0 Å². The quantitative estimate of drug-likeness (QED) is 0.0395. The molecule has 6 atom stereocenters. The minimum absolute atomic E-state index is 0. The Morgan fingerprint density at radius 1 is 0.412 bits per heavy atom. The van der Waals surface area contributed by atoms with Crippen molar-refractivity contribution in [2.24, 2.45) is 17.8 Å². The first-order valence-electron chi connectivity index (χ1n) is 26.3. The van der Waals surface area contributed by atoms with E-state index in [0.29, 0.717) is 57.0 Å². The minimum Gasteiger partial charge on any atom is -0.508 e. The van der Waals surface area contributed by atoms with Crippen molar-refractivity contribution in [3.05, 3.63) is 197 Å². The molecule has 0 aliphatic rings. The van der Waals surface area contributed by atoms with Gasteiger partial charge in [-0.1, -0.05) is 210 Å². The van der Waals surface area contributed by atoms with Gasteiger partial charge in [0.25, 0.3) is 0 Å². The van der Waals surface area contributed by atoms with Crippen LogP contribution in [0.1, 0.15) is 167 Å². The number of rotatable bonds is 24. The number of carboxylic acid groups (broad SMARTS) is 1. The second kappa shape index (κ2) is 46.1. The standard InChI is InChI=1S/C22H28O3.C20H24O3.C17H18O3.C5H12O.3CH4.3B/c1-4-17(3)16-25-20-13-11-19(12-14-20)21(15-22(23)24-5-2)18-9-7-6-8-10-18;1-3-15(2)14-23-18-11-9-17(10-12-18)19(13-20(21)22)16-7-5-4-6-8-16;1-2-20-17(19)12-16(13-6-4-3-5-7-13)14-8-10-15(18)11-9-14;1-3-5(2)4-6;;;;;;/h6-14,17,21H,4-5,15-16H2,1-3H3;4-12,15,19H,3,13-14H2,1-2H3,(H,21,22);3-11,16,18H,2,12H2,1H3;5-6H,3-4H2,1-2H3;3*1H4;;;/t17-,21?;15-,19?;;5-;;;;;;/m11.1....../s1. The maximum atomic E-state index is 12.0. The molecule has 10 nitrogen and oxygen atoms in total. The molecule has 0 aromatic heterocycles. The monoisotopic (exact) mass is 1090 g/mol. The first-order valence-corrected chi connectivity index (χ1v) is 26.3. The zero-order valence-electron chi connectivity index (χ0n) is 46.8. The van der Waals surface area contributed by atoms with Crippen LogP contribution in [0.2, 0.25) is 0 Å². The molecular weight excluding hydrogens is 997 g/mol. The number of aliphatic hydroxyl groups excluding tert-OH is 1. The molecule has 6 rings (SSSR count). The van der Waals surface area contributed by atoms with Crippen molar-refractivity contribution >= 4 is 43.1 Å². The number of phenols is 1. The molecule has 0 aliphatic carbocycles. The second-order valence-corrected chi connectivity index (χ2v) is 18.6. The Labute approximate surface area is 488 Å². The van der Waals surface area contributed by atoms with Gasteiger partial charge in [-0.25, -0.2) is 0 Å². The van der Waals surface area contributed by atoms with Crippen molar-refractivity contribution < 1.29 is 48.7 Å². The van der Waals surface area contributed by atoms with E-state index in [1.807, 2.05) is 153 Å². The SMILES string of the molecule is C.C.C.CCOC(=O)CC(c1ccccc1)c1ccc(O)cc1.CCOC(=O)CC(c1ccccc1)c1ccc(OC[C@H](C)CC)cc1.CC[C@@H](C)CO.CC[C@@H](C)COc1ccc(C(CC(=O)O)c2ccccc2)cc1.[B].[B].[B]. The van der Waals surface area contributed by atoms with E-state index in [4.69, 9.17) is 24.1 Å². The molecule has 6 aromatic carbocycles. The highest BCUT2D eigenvalue weighted by Crippen LogP contribution is 2.32.